The number of hydrogen-bond donors (Lipinski definition) is 1. The number of amides is 1. The fourth-order valence-electron chi connectivity index (χ4n) is 2.29. The summed E-state index contributed by atoms with van der Waals surface area (Å²) in [6.45, 7) is -0.638. The lowest BCUT2D eigenvalue weighted by Gasteiger charge is -2.09. The van der Waals surface area contributed by atoms with E-state index in [0.717, 1.165) is 10.7 Å². The summed E-state index contributed by atoms with van der Waals surface area (Å²) >= 11 is 1.56. The first-order chi connectivity index (χ1) is 13.0. The van der Waals surface area contributed by atoms with E-state index in [1.54, 1.807) is 41.7 Å². The van der Waals surface area contributed by atoms with Gasteiger partial charge < -0.3 is 14.8 Å². The minimum Gasteiger partial charge on any atom is -0.487 e. The van der Waals surface area contributed by atoms with E-state index in [0.29, 0.717) is 23.6 Å². The molecule has 0 aliphatic heterocycles. The lowest BCUT2D eigenvalue weighted by molar-refractivity contribution is -0.0497. The Morgan fingerprint density at radius 1 is 1.19 bits per heavy atom. The van der Waals surface area contributed by atoms with Gasteiger partial charge in [0, 0.05) is 22.7 Å². The van der Waals surface area contributed by atoms with Crippen molar-refractivity contribution >= 4 is 22.9 Å². The Morgan fingerprint density at radius 2 is 1.96 bits per heavy atom. The topological polar surface area (TPSA) is 60.5 Å². The molecule has 0 aliphatic rings. The zero-order chi connectivity index (χ0) is 19.2. The molecule has 0 saturated heterocycles. The maximum atomic E-state index is 12.3. The zero-order valence-corrected chi connectivity index (χ0v) is 15.1. The number of carbonyl (C=O) groups is 1. The van der Waals surface area contributed by atoms with E-state index < -0.39 is 6.61 Å². The summed E-state index contributed by atoms with van der Waals surface area (Å²) in [5.74, 6) is 0.222. The van der Waals surface area contributed by atoms with E-state index in [9.17, 15) is 13.6 Å². The van der Waals surface area contributed by atoms with Crippen molar-refractivity contribution in [1.82, 2.24) is 4.98 Å². The van der Waals surface area contributed by atoms with Crippen LogP contribution in [0.25, 0.3) is 0 Å². The average Bonchev–Trinajstić information content (AvgIpc) is 3.05. The van der Waals surface area contributed by atoms with Crippen LogP contribution in [-0.2, 0) is 6.61 Å². The lowest BCUT2D eigenvalue weighted by Crippen LogP contribution is -2.12. The maximum Gasteiger partial charge on any atom is 0.387 e. The van der Waals surface area contributed by atoms with E-state index in [4.69, 9.17) is 4.74 Å². The van der Waals surface area contributed by atoms with Crippen molar-refractivity contribution in [2.75, 3.05) is 5.32 Å². The SMILES string of the molecule is Cc1nc(COc2ccc(C(=O)Nc3cccc(OC(F)F)c3)cc2)cs1. The second kappa shape index (κ2) is 8.59. The van der Waals surface area contributed by atoms with Crippen LogP contribution in [0.5, 0.6) is 11.5 Å². The van der Waals surface area contributed by atoms with Crippen LogP contribution >= 0.6 is 11.3 Å². The molecule has 1 aromatic heterocycles. The van der Waals surface area contributed by atoms with Crippen molar-refractivity contribution in [3.8, 4) is 11.5 Å². The Labute approximate surface area is 158 Å². The Morgan fingerprint density at radius 3 is 2.63 bits per heavy atom. The van der Waals surface area contributed by atoms with Crippen molar-refractivity contribution in [2.24, 2.45) is 0 Å². The van der Waals surface area contributed by atoms with Crippen molar-refractivity contribution in [3.63, 3.8) is 0 Å². The number of halogens is 2. The van der Waals surface area contributed by atoms with Gasteiger partial charge in [0.1, 0.15) is 18.1 Å². The van der Waals surface area contributed by atoms with Crippen LogP contribution in [0.15, 0.2) is 53.9 Å². The predicted molar refractivity (Wildman–Crippen MR) is 98.7 cm³/mol. The molecule has 1 N–H and O–H groups in total. The van der Waals surface area contributed by atoms with Crippen LogP contribution in [0, 0.1) is 6.92 Å². The van der Waals surface area contributed by atoms with Gasteiger partial charge in [0.25, 0.3) is 5.91 Å². The molecule has 0 radical (unpaired) electrons. The van der Waals surface area contributed by atoms with E-state index in [-0.39, 0.29) is 11.7 Å². The number of aryl methyl sites for hydroxylation is 1. The number of hydrogen-bond acceptors (Lipinski definition) is 5. The molecule has 1 heterocycles. The summed E-state index contributed by atoms with van der Waals surface area (Å²) in [6.07, 6.45) is 0. The van der Waals surface area contributed by atoms with E-state index in [1.165, 1.54) is 18.2 Å². The Bertz CT molecular complexity index is 913. The van der Waals surface area contributed by atoms with Gasteiger partial charge in [0.2, 0.25) is 0 Å². The number of carbonyl (C=O) groups excluding carboxylic acids is 1. The lowest BCUT2D eigenvalue weighted by atomic mass is 10.2. The number of nitrogens with zero attached hydrogens (tertiary/aromatic N) is 1. The van der Waals surface area contributed by atoms with Crippen LogP contribution in [0.1, 0.15) is 21.1 Å². The smallest absolute Gasteiger partial charge is 0.387 e. The highest BCUT2D eigenvalue weighted by Crippen LogP contribution is 2.21. The minimum atomic E-state index is -2.92. The first-order valence-corrected chi connectivity index (χ1v) is 8.87. The highest BCUT2D eigenvalue weighted by Gasteiger charge is 2.09. The quantitative estimate of drug-likeness (QED) is 0.624. The third kappa shape index (κ3) is 5.49. The van der Waals surface area contributed by atoms with Crippen molar-refractivity contribution < 1.29 is 23.0 Å². The van der Waals surface area contributed by atoms with Crippen LogP contribution in [0.2, 0.25) is 0 Å². The molecule has 0 spiro atoms. The van der Waals surface area contributed by atoms with Gasteiger partial charge in [-0.15, -0.1) is 11.3 Å². The maximum absolute atomic E-state index is 12.3. The molecule has 1 amide bonds. The number of thiazole rings is 1. The summed E-state index contributed by atoms with van der Waals surface area (Å²) in [5, 5.41) is 5.55. The summed E-state index contributed by atoms with van der Waals surface area (Å²) in [4.78, 5) is 16.6. The van der Waals surface area contributed by atoms with Crippen LogP contribution in [0.4, 0.5) is 14.5 Å². The number of alkyl halides is 2. The van der Waals surface area contributed by atoms with Gasteiger partial charge in [0.15, 0.2) is 0 Å². The number of rotatable bonds is 7. The van der Waals surface area contributed by atoms with Crippen LogP contribution < -0.4 is 14.8 Å². The minimum absolute atomic E-state index is 0.0242. The van der Waals surface area contributed by atoms with Crippen molar-refractivity contribution in [1.29, 1.82) is 0 Å². The molecule has 3 aromatic rings. The van der Waals surface area contributed by atoms with Gasteiger partial charge in [0.05, 0.1) is 10.7 Å². The van der Waals surface area contributed by atoms with Gasteiger partial charge in [-0.3, -0.25) is 4.79 Å². The predicted octanol–water partition coefficient (Wildman–Crippen LogP) is 4.88. The van der Waals surface area contributed by atoms with Gasteiger partial charge in [-0.05, 0) is 43.3 Å². The third-order valence-corrected chi connectivity index (χ3v) is 4.31. The normalized spacial score (nSPS) is 10.7. The Balaban J connectivity index is 1.58. The molecule has 0 fully saturated rings. The summed E-state index contributed by atoms with van der Waals surface area (Å²) in [5.41, 5.74) is 1.62. The second-order valence-corrected chi connectivity index (χ2v) is 6.59. The van der Waals surface area contributed by atoms with Gasteiger partial charge >= 0.3 is 6.61 Å². The number of nitrogens with one attached hydrogen (secondary N) is 1. The van der Waals surface area contributed by atoms with Crippen molar-refractivity contribution in [3.05, 3.63) is 70.2 Å². The van der Waals surface area contributed by atoms with E-state index in [1.807, 2.05) is 12.3 Å². The second-order valence-electron chi connectivity index (χ2n) is 5.53. The van der Waals surface area contributed by atoms with Gasteiger partial charge in [-0.25, -0.2) is 4.98 Å². The highest BCUT2D eigenvalue weighted by atomic mass is 32.1. The first-order valence-electron chi connectivity index (χ1n) is 8.00. The molecule has 140 valence electrons. The zero-order valence-electron chi connectivity index (χ0n) is 14.3. The number of benzene rings is 2. The fraction of sp³-hybridized carbons (Fsp3) is 0.158. The molecule has 2 aromatic carbocycles. The number of aromatic nitrogens is 1. The number of anilines is 1. The largest absolute Gasteiger partial charge is 0.487 e. The monoisotopic (exact) mass is 390 g/mol. The van der Waals surface area contributed by atoms with Crippen LogP contribution in [-0.4, -0.2) is 17.5 Å². The van der Waals surface area contributed by atoms with E-state index >= 15 is 0 Å². The molecule has 0 bridgehead atoms. The highest BCUT2D eigenvalue weighted by molar-refractivity contribution is 7.09. The van der Waals surface area contributed by atoms with Gasteiger partial charge in [-0.2, -0.15) is 8.78 Å². The van der Waals surface area contributed by atoms with E-state index in [2.05, 4.69) is 15.0 Å². The first kappa shape index (κ1) is 18.8. The summed E-state index contributed by atoms with van der Waals surface area (Å²) in [6, 6.07) is 12.4. The molecule has 8 heteroatoms. The average molecular weight is 390 g/mol. The summed E-state index contributed by atoms with van der Waals surface area (Å²) < 4.78 is 34.5. The molecule has 0 unspecified atom stereocenters. The molecule has 5 nitrogen and oxygen atoms in total. The Kier molecular flexibility index (Phi) is 5.97. The molecule has 0 atom stereocenters. The molecular weight excluding hydrogens is 374 g/mol. The molecule has 0 aliphatic carbocycles. The van der Waals surface area contributed by atoms with Crippen LogP contribution in [0.3, 0.4) is 0 Å². The van der Waals surface area contributed by atoms with Gasteiger partial charge in [-0.1, -0.05) is 6.07 Å². The molecule has 0 saturated carbocycles. The molecule has 3 rings (SSSR count). The Hall–Kier alpha value is -3.00. The number of ether oxygens (including phenoxy) is 2. The third-order valence-electron chi connectivity index (χ3n) is 3.49. The van der Waals surface area contributed by atoms with Crippen molar-refractivity contribution in [2.45, 2.75) is 20.1 Å². The summed E-state index contributed by atoms with van der Waals surface area (Å²) in [7, 11) is 0. The standard InChI is InChI=1S/C19H16F2N2O3S/c1-12-22-15(11-27-12)10-25-16-7-5-13(6-8-16)18(24)23-14-3-2-4-17(9-14)26-19(20)21/h2-9,11,19H,10H2,1H3,(H,23,24). The molecule has 27 heavy (non-hydrogen) atoms. The fourth-order valence-corrected chi connectivity index (χ4v) is 2.88. The molecular formula is C19H16F2N2O3S.